The van der Waals surface area contributed by atoms with Gasteiger partial charge in [-0.05, 0) is 6.92 Å². The number of rotatable bonds is 2. The summed E-state index contributed by atoms with van der Waals surface area (Å²) in [6.45, 7) is 1.88. The van der Waals surface area contributed by atoms with Crippen molar-refractivity contribution in [3.8, 4) is 0 Å². The lowest BCUT2D eigenvalue weighted by Crippen LogP contribution is -2.31. The molecule has 6 heteroatoms. The molecule has 1 saturated heterocycles. The zero-order valence-corrected chi connectivity index (χ0v) is 9.30. The number of likely N-dealkylation sites (N-methyl/N-ethyl adjacent to an activating group) is 1. The molecule has 0 radical (unpaired) electrons. The second-order valence-electron chi connectivity index (χ2n) is 3.49. The Labute approximate surface area is 91.1 Å². The van der Waals surface area contributed by atoms with Crippen molar-refractivity contribution >= 4 is 28.3 Å². The molecule has 1 atom stereocenters. The van der Waals surface area contributed by atoms with Crippen molar-refractivity contribution in [3.63, 3.8) is 0 Å². The van der Waals surface area contributed by atoms with Gasteiger partial charge in [0, 0.05) is 12.4 Å². The van der Waals surface area contributed by atoms with E-state index in [1.54, 1.807) is 0 Å². The van der Waals surface area contributed by atoms with E-state index >= 15 is 0 Å². The number of imide groups is 1. The Bertz CT molecular complexity index is 415. The summed E-state index contributed by atoms with van der Waals surface area (Å²) in [6.07, 6.45) is 0.216. The molecule has 1 N–H and O–H groups in total. The maximum Gasteiger partial charge on any atom is 0.251 e. The van der Waals surface area contributed by atoms with E-state index < -0.39 is 6.04 Å². The second-order valence-corrected chi connectivity index (χ2v) is 4.34. The molecule has 1 aliphatic heterocycles. The van der Waals surface area contributed by atoms with Crippen molar-refractivity contribution in [2.45, 2.75) is 19.4 Å². The van der Waals surface area contributed by atoms with E-state index in [1.165, 1.54) is 18.4 Å². The Morgan fingerprint density at radius 2 is 2.33 bits per heavy atom. The number of likely N-dealkylation sites (tertiary alicyclic amines) is 1. The lowest BCUT2D eigenvalue weighted by atomic mass is 10.2. The Kier molecular flexibility index (Phi) is 2.44. The van der Waals surface area contributed by atoms with E-state index in [2.05, 4.69) is 10.3 Å². The van der Waals surface area contributed by atoms with Gasteiger partial charge in [-0.15, -0.1) is 11.3 Å². The molecule has 0 aliphatic carbocycles. The Morgan fingerprint density at radius 1 is 1.60 bits per heavy atom. The first-order chi connectivity index (χ1) is 7.08. The monoisotopic (exact) mass is 225 g/mol. The van der Waals surface area contributed by atoms with Crippen LogP contribution in [0, 0.1) is 6.92 Å². The van der Waals surface area contributed by atoms with Crippen molar-refractivity contribution in [2.75, 3.05) is 12.4 Å². The molecule has 2 heterocycles. The first-order valence-electron chi connectivity index (χ1n) is 4.57. The standard InChI is InChI=1S/C9H11N3O2S/c1-5-4-15-9(10-5)11-6-3-7(13)12(2)8(6)14/h4,6H,3H2,1-2H3,(H,10,11). The fourth-order valence-electron chi connectivity index (χ4n) is 1.44. The molecular formula is C9H11N3O2S. The van der Waals surface area contributed by atoms with Crippen LogP contribution in [-0.4, -0.2) is 34.8 Å². The summed E-state index contributed by atoms with van der Waals surface area (Å²) in [7, 11) is 1.50. The van der Waals surface area contributed by atoms with Crippen LogP contribution in [-0.2, 0) is 9.59 Å². The van der Waals surface area contributed by atoms with Crippen molar-refractivity contribution in [1.29, 1.82) is 0 Å². The fourth-order valence-corrected chi connectivity index (χ4v) is 2.18. The number of carbonyl (C=O) groups is 2. The zero-order chi connectivity index (χ0) is 11.0. The van der Waals surface area contributed by atoms with E-state index in [1.807, 2.05) is 12.3 Å². The van der Waals surface area contributed by atoms with Crippen LogP contribution < -0.4 is 5.32 Å². The third kappa shape index (κ3) is 1.85. The second kappa shape index (κ2) is 3.62. The highest BCUT2D eigenvalue weighted by atomic mass is 32.1. The number of hydrogen-bond acceptors (Lipinski definition) is 5. The van der Waals surface area contributed by atoms with Crippen molar-refractivity contribution in [3.05, 3.63) is 11.1 Å². The Hall–Kier alpha value is -1.43. The molecule has 2 amide bonds. The number of thiazole rings is 1. The number of amides is 2. The number of nitrogens with zero attached hydrogens (tertiary/aromatic N) is 2. The van der Waals surface area contributed by atoms with Crippen molar-refractivity contribution in [2.24, 2.45) is 0 Å². The van der Waals surface area contributed by atoms with E-state index in [0.29, 0.717) is 5.13 Å². The zero-order valence-electron chi connectivity index (χ0n) is 8.48. The molecule has 1 unspecified atom stereocenters. The highest BCUT2D eigenvalue weighted by molar-refractivity contribution is 7.13. The van der Waals surface area contributed by atoms with Gasteiger partial charge in [-0.25, -0.2) is 4.98 Å². The molecule has 80 valence electrons. The molecular weight excluding hydrogens is 214 g/mol. The predicted molar refractivity (Wildman–Crippen MR) is 56.7 cm³/mol. The quantitative estimate of drug-likeness (QED) is 0.749. The molecule has 5 nitrogen and oxygen atoms in total. The highest BCUT2D eigenvalue weighted by Crippen LogP contribution is 2.20. The number of carbonyl (C=O) groups excluding carboxylic acids is 2. The summed E-state index contributed by atoms with van der Waals surface area (Å²) in [5, 5.41) is 5.55. The summed E-state index contributed by atoms with van der Waals surface area (Å²) in [5.74, 6) is -0.335. The van der Waals surface area contributed by atoms with Gasteiger partial charge < -0.3 is 5.32 Å². The van der Waals surface area contributed by atoms with Gasteiger partial charge in [0.2, 0.25) is 5.91 Å². The van der Waals surface area contributed by atoms with Crippen LogP contribution in [0.15, 0.2) is 5.38 Å². The van der Waals surface area contributed by atoms with E-state index in [0.717, 1.165) is 10.6 Å². The minimum atomic E-state index is -0.451. The fraction of sp³-hybridized carbons (Fsp3) is 0.444. The maximum atomic E-state index is 11.5. The number of aryl methyl sites for hydroxylation is 1. The van der Waals surface area contributed by atoms with Gasteiger partial charge in [0.15, 0.2) is 5.13 Å². The van der Waals surface area contributed by atoms with Crippen LogP contribution in [0.4, 0.5) is 5.13 Å². The highest BCUT2D eigenvalue weighted by Gasteiger charge is 2.36. The molecule has 1 aromatic heterocycles. The number of anilines is 1. The van der Waals surface area contributed by atoms with Crippen LogP contribution in [0.1, 0.15) is 12.1 Å². The molecule has 0 bridgehead atoms. The van der Waals surface area contributed by atoms with Gasteiger partial charge in [0.05, 0.1) is 12.1 Å². The lowest BCUT2D eigenvalue weighted by molar-refractivity contribution is -0.136. The largest absolute Gasteiger partial charge is 0.349 e. The van der Waals surface area contributed by atoms with Crippen LogP contribution in [0.25, 0.3) is 0 Å². The third-order valence-corrected chi connectivity index (χ3v) is 3.19. The van der Waals surface area contributed by atoms with Gasteiger partial charge in [-0.2, -0.15) is 0 Å². The predicted octanol–water partition coefficient (Wildman–Crippen LogP) is 0.621. The minimum Gasteiger partial charge on any atom is -0.349 e. The number of nitrogens with one attached hydrogen (secondary N) is 1. The number of aromatic nitrogens is 1. The average molecular weight is 225 g/mol. The van der Waals surface area contributed by atoms with E-state index in [4.69, 9.17) is 0 Å². The first kappa shape index (κ1) is 10.1. The SMILES string of the molecule is Cc1csc(NC2CC(=O)N(C)C2=O)n1. The van der Waals surface area contributed by atoms with Crippen LogP contribution >= 0.6 is 11.3 Å². The molecule has 2 rings (SSSR count). The summed E-state index contributed by atoms with van der Waals surface area (Å²) < 4.78 is 0. The van der Waals surface area contributed by atoms with Crippen LogP contribution in [0.5, 0.6) is 0 Å². The van der Waals surface area contributed by atoms with Gasteiger partial charge in [-0.3, -0.25) is 14.5 Å². The average Bonchev–Trinajstić information content (AvgIpc) is 2.68. The van der Waals surface area contributed by atoms with Crippen molar-refractivity contribution in [1.82, 2.24) is 9.88 Å². The number of hydrogen-bond donors (Lipinski definition) is 1. The van der Waals surface area contributed by atoms with E-state index in [9.17, 15) is 9.59 Å². The Balaban J connectivity index is 2.08. The molecule has 0 spiro atoms. The molecule has 1 aliphatic rings. The van der Waals surface area contributed by atoms with Gasteiger partial charge >= 0.3 is 0 Å². The third-order valence-electron chi connectivity index (χ3n) is 2.30. The van der Waals surface area contributed by atoms with Gasteiger partial charge in [-0.1, -0.05) is 0 Å². The summed E-state index contributed by atoms with van der Waals surface area (Å²) in [6, 6.07) is -0.451. The normalized spacial score (nSPS) is 21.2. The lowest BCUT2D eigenvalue weighted by Gasteiger charge is -2.09. The van der Waals surface area contributed by atoms with Crippen LogP contribution in [0.3, 0.4) is 0 Å². The molecule has 0 saturated carbocycles. The van der Waals surface area contributed by atoms with Gasteiger partial charge in [0.25, 0.3) is 5.91 Å². The minimum absolute atomic E-state index is 0.147. The Morgan fingerprint density at radius 3 is 2.80 bits per heavy atom. The van der Waals surface area contributed by atoms with Crippen molar-refractivity contribution < 1.29 is 9.59 Å². The van der Waals surface area contributed by atoms with Gasteiger partial charge in [0.1, 0.15) is 6.04 Å². The maximum absolute atomic E-state index is 11.5. The summed E-state index contributed by atoms with van der Waals surface area (Å²) >= 11 is 1.44. The topological polar surface area (TPSA) is 62.3 Å². The van der Waals surface area contributed by atoms with E-state index in [-0.39, 0.29) is 18.2 Å². The molecule has 15 heavy (non-hydrogen) atoms. The first-order valence-corrected chi connectivity index (χ1v) is 5.45. The summed E-state index contributed by atoms with van der Waals surface area (Å²) in [5.41, 5.74) is 0.910. The summed E-state index contributed by atoms with van der Waals surface area (Å²) in [4.78, 5) is 28.1. The molecule has 1 fully saturated rings. The molecule has 0 aromatic carbocycles. The molecule has 1 aromatic rings. The van der Waals surface area contributed by atoms with Crippen LogP contribution in [0.2, 0.25) is 0 Å². The smallest absolute Gasteiger partial charge is 0.251 e.